The molecule has 0 bridgehead atoms. The van der Waals surface area contributed by atoms with Crippen LogP contribution in [0.15, 0.2) is 4.99 Å². The lowest BCUT2D eigenvalue weighted by molar-refractivity contribution is -0.119. The number of rotatable bonds is 7. The molecular formula is C16H34IN5O3S. The normalized spacial score (nSPS) is 17.5. The van der Waals surface area contributed by atoms with Crippen LogP contribution in [0, 0.1) is 0 Å². The van der Waals surface area contributed by atoms with E-state index >= 15 is 0 Å². The number of guanidine groups is 1. The summed E-state index contributed by atoms with van der Waals surface area (Å²) in [5.74, 6) is 0.366. The van der Waals surface area contributed by atoms with E-state index in [4.69, 9.17) is 5.73 Å². The molecule has 1 heterocycles. The van der Waals surface area contributed by atoms with Gasteiger partial charge < -0.3 is 16.4 Å². The molecule has 0 atom stereocenters. The molecule has 1 fully saturated rings. The molecule has 0 aromatic rings. The zero-order chi connectivity index (χ0) is 19.1. The van der Waals surface area contributed by atoms with Gasteiger partial charge in [0.05, 0.1) is 23.6 Å². The molecule has 1 rings (SSSR count). The Morgan fingerprint density at radius 2 is 1.85 bits per heavy atom. The molecule has 1 aliphatic rings. The third kappa shape index (κ3) is 8.85. The van der Waals surface area contributed by atoms with Gasteiger partial charge in [0.1, 0.15) is 0 Å². The number of carbonyl (C=O) groups excluding carboxylic acids is 1. The van der Waals surface area contributed by atoms with E-state index in [1.165, 1.54) is 0 Å². The number of hydrogen-bond acceptors (Lipinski definition) is 5. The van der Waals surface area contributed by atoms with Crippen molar-refractivity contribution in [1.29, 1.82) is 0 Å². The Hall–Kier alpha value is -0.620. The summed E-state index contributed by atoms with van der Waals surface area (Å²) in [6.45, 7) is 9.93. The van der Waals surface area contributed by atoms with Gasteiger partial charge in [-0.2, -0.15) is 0 Å². The molecule has 0 saturated carbocycles. The summed E-state index contributed by atoms with van der Waals surface area (Å²) in [5.41, 5.74) is 5.22. The van der Waals surface area contributed by atoms with Crippen molar-refractivity contribution >= 4 is 45.7 Å². The molecular weight excluding hydrogens is 469 g/mol. The van der Waals surface area contributed by atoms with E-state index in [1.54, 1.807) is 20.8 Å². The highest BCUT2D eigenvalue weighted by molar-refractivity contribution is 14.0. The predicted octanol–water partition coefficient (Wildman–Crippen LogP) is 0.323. The first-order valence-corrected chi connectivity index (χ1v) is 10.5. The molecule has 0 unspecified atom stereocenters. The molecule has 0 radical (unpaired) electrons. The molecule has 154 valence electrons. The molecule has 1 aliphatic heterocycles. The number of aliphatic imine (C=N–C) groups is 1. The van der Waals surface area contributed by atoms with E-state index in [1.807, 2.05) is 11.8 Å². The van der Waals surface area contributed by atoms with E-state index < -0.39 is 14.6 Å². The van der Waals surface area contributed by atoms with Gasteiger partial charge in [0.25, 0.3) is 0 Å². The average Bonchev–Trinajstić information content (AvgIpc) is 2.47. The second-order valence-electron chi connectivity index (χ2n) is 7.35. The quantitative estimate of drug-likeness (QED) is 0.262. The zero-order valence-electron chi connectivity index (χ0n) is 16.2. The van der Waals surface area contributed by atoms with Gasteiger partial charge in [0, 0.05) is 25.7 Å². The summed E-state index contributed by atoms with van der Waals surface area (Å²) in [6, 6.07) is 0.251. The minimum atomic E-state index is -3.17. The maximum absolute atomic E-state index is 12.2. The van der Waals surface area contributed by atoms with Crippen molar-refractivity contribution < 1.29 is 13.2 Å². The maximum Gasteiger partial charge on any atom is 0.231 e. The number of hydrogen-bond donors (Lipinski definition) is 3. The van der Waals surface area contributed by atoms with Crippen LogP contribution in [0.4, 0.5) is 0 Å². The summed E-state index contributed by atoms with van der Waals surface area (Å²) >= 11 is 0. The van der Waals surface area contributed by atoms with Crippen LogP contribution in [0.2, 0.25) is 0 Å². The Labute approximate surface area is 174 Å². The predicted molar refractivity (Wildman–Crippen MR) is 117 cm³/mol. The van der Waals surface area contributed by atoms with Crippen LogP contribution in [0.3, 0.4) is 0 Å². The van der Waals surface area contributed by atoms with Gasteiger partial charge in [-0.25, -0.2) is 8.42 Å². The molecule has 0 spiro atoms. The molecule has 4 N–H and O–H groups in total. The number of sulfone groups is 1. The van der Waals surface area contributed by atoms with E-state index in [9.17, 15) is 13.2 Å². The van der Waals surface area contributed by atoms with Crippen LogP contribution < -0.4 is 16.4 Å². The summed E-state index contributed by atoms with van der Waals surface area (Å²) in [5, 5.41) is 6.51. The van der Waals surface area contributed by atoms with Gasteiger partial charge in [-0.1, -0.05) is 0 Å². The van der Waals surface area contributed by atoms with Crippen LogP contribution in [0.25, 0.3) is 0 Å². The second kappa shape index (κ2) is 11.3. The fraction of sp³-hybridized carbons (Fsp3) is 0.875. The van der Waals surface area contributed by atoms with E-state index in [0.717, 1.165) is 25.9 Å². The van der Waals surface area contributed by atoms with Crippen molar-refractivity contribution in [2.45, 2.75) is 51.3 Å². The number of nitrogens with zero attached hydrogens (tertiary/aromatic N) is 2. The Morgan fingerprint density at radius 1 is 1.27 bits per heavy atom. The monoisotopic (exact) mass is 503 g/mol. The van der Waals surface area contributed by atoms with Gasteiger partial charge in [-0.15, -0.1) is 24.0 Å². The summed E-state index contributed by atoms with van der Waals surface area (Å²) in [4.78, 5) is 17.4. The summed E-state index contributed by atoms with van der Waals surface area (Å²) < 4.78 is 23.5. The van der Waals surface area contributed by atoms with E-state index in [-0.39, 0.29) is 48.2 Å². The van der Waals surface area contributed by atoms with Crippen molar-refractivity contribution in [3.63, 3.8) is 0 Å². The Morgan fingerprint density at radius 3 is 2.31 bits per heavy atom. The number of primary amides is 1. The summed E-state index contributed by atoms with van der Waals surface area (Å²) in [7, 11) is -3.17. The highest BCUT2D eigenvalue weighted by Crippen LogP contribution is 2.15. The Kier molecular flexibility index (Phi) is 11.0. The number of amides is 1. The maximum atomic E-state index is 12.2. The van der Waals surface area contributed by atoms with Crippen LogP contribution in [0.1, 0.15) is 40.5 Å². The molecule has 0 aromatic heterocycles. The van der Waals surface area contributed by atoms with Crippen LogP contribution in [-0.2, 0) is 14.6 Å². The molecule has 0 aromatic carbocycles. The first kappa shape index (κ1) is 25.4. The molecule has 26 heavy (non-hydrogen) atoms. The SMILES string of the molecule is CCNC(=NCCS(=O)(=O)C(C)(C)C)NC1CCN(CC(N)=O)CC1.I. The Bertz CT molecular complexity index is 567. The number of nitrogens with two attached hydrogens (primary N) is 1. The molecule has 0 aliphatic carbocycles. The minimum Gasteiger partial charge on any atom is -0.369 e. The van der Waals surface area contributed by atoms with Gasteiger partial charge in [0.2, 0.25) is 5.91 Å². The second-order valence-corrected chi connectivity index (χ2v) is 10.2. The zero-order valence-corrected chi connectivity index (χ0v) is 19.4. The van der Waals surface area contributed by atoms with Crippen molar-refractivity contribution in [3.05, 3.63) is 0 Å². The standard InChI is InChI=1S/C16H33N5O3S.HI/c1-5-18-15(19-8-11-25(23,24)16(2,3)4)20-13-6-9-21(10-7-13)12-14(17)22;/h13H,5-12H2,1-4H3,(H2,17,22)(H2,18,19,20);1H. The van der Waals surface area contributed by atoms with Gasteiger partial charge >= 0.3 is 0 Å². The lowest BCUT2D eigenvalue weighted by Gasteiger charge is -2.32. The van der Waals surface area contributed by atoms with Gasteiger partial charge in [-0.05, 0) is 40.5 Å². The molecule has 1 amide bonds. The lowest BCUT2D eigenvalue weighted by atomic mass is 10.1. The fourth-order valence-corrected chi connectivity index (χ4v) is 3.50. The van der Waals surface area contributed by atoms with Crippen LogP contribution in [-0.4, -0.2) is 74.4 Å². The summed E-state index contributed by atoms with van der Waals surface area (Å²) in [6.07, 6.45) is 1.77. The van der Waals surface area contributed by atoms with E-state index in [0.29, 0.717) is 19.0 Å². The largest absolute Gasteiger partial charge is 0.369 e. The third-order valence-electron chi connectivity index (χ3n) is 4.22. The molecule has 10 heteroatoms. The van der Waals surface area contributed by atoms with Crippen molar-refractivity contribution in [2.75, 3.05) is 38.5 Å². The van der Waals surface area contributed by atoms with Crippen LogP contribution >= 0.6 is 24.0 Å². The minimum absolute atomic E-state index is 0. The van der Waals surface area contributed by atoms with Crippen molar-refractivity contribution in [3.8, 4) is 0 Å². The number of halogens is 1. The highest BCUT2D eigenvalue weighted by atomic mass is 127. The smallest absolute Gasteiger partial charge is 0.231 e. The highest BCUT2D eigenvalue weighted by Gasteiger charge is 2.28. The topological polar surface area (TPSA) is 117 Å². The molecule has 8 nitrogen and oxygen atoms in total. The average molecular weight is 503 g/mol. The molecule has 1 saturated heterocycles. The van der Waals surface area contributed by atoms with E-state index in [2.05, 4.69) is 15.6 Å². The Balaban J connectivity index is 0.00000625. The lowest BCUT2D eigenvalue weighted by Crippen LogP contribution is -2.50. The van der Waals surface area contributed by atoms with Crippen molar-refractivity contribution in [2.24, 2.45) is 10.7 Å². The van der Waals surface area contributed by atoms with Gasteiger partial charge in [-0.3, -0.25) is 14.7 Å². The number of likely N-dealkylation sites (tertiary alicyclic amines) is 1. The number of carbonyl (C=O) groups is 1. The van der Waals surface area contributed by atoms with Gasteiger partial charge in [0.15, 0.2) is 15.8 Å². The van der Waals surface area contributed by atoms with Crippen molar-refractivity contribution in [1.82, 2.24) is 15.5 Å². The first-order valence-electron chi connectivity index (χ1n) is 8.83. The van der Waals surface area contributed by atoms with Crippen LogP contribution in [0.5, 0.6) is 0 Å². The third-order valence-corrected chi connectivity index (χ3v) is 6.80. The number of nitrogens with one attached hydrogen (secondary N) is 2. The fourth-order valence-electron chi connectivity index (χ4n) is 2.55. The number of piperidine rings is 1. The first-order chi connectivity index (χ1) is 11.5.